The normalized spacial score (nSPS) is 38.1. The lowest BCUT2D eigenvalue weighted by molar-refractivity contribution is -0.118. The number of hydrogen-bond acceptors (Lipinski definition) is 2. The minimum Gasteiger partial charge on any atom is -0.493 e. The lowest BCUT2D eigenvalue weighted by Gasteiger charge is -2.30. The number of ketones is 1. The molecule has 1 fully saturated rings. The summed E-state index contributed by atoms with van der Waals surface area (Å²) in [5.41, 5.74) is 4.05. The van der Waals surface area contributed by atoms with Crippen LogP contribution in [0.5, 0.6) is 0 Å². The Labute approximate surface area is 125 Å². The number of allylic oxidation sites excluding steroid dienone is 1. The molecule has 0 aromatic heterocycles. The third kappa shape index (κ3) is 1.41. The largest absolute Gasteiger partial charge is 0.493 e. The summed E-state index contributed by atoms with van der Waals surface area (Å²) < 4.78 is 6.34. The van der Waals surface area contributed by atoms with Crippen molar-refractivity contribution in [3.63, 3.8) is 0 Å². The van der Waals surface area contributed by atoms with Crippen molar-refractivity contribution in [2.24, 2.45) is 11.3 Å². The average molecular weight is 280 g/mol. The Balaban J connectivity index is 1.61. The van der Waals surface area contributed by atoms with Gasteiger partial charge in [0.05, 0.1) is 0 Å². The molecule has 0 radical (unpaired) electrons. The quantitative estimate of drug-likeness (QED) is 0.719. The number of benzene rings is 1. The topological polar surface area (TPSA) is 26.3 Å². The molecular weight excluding hydrogens is 260 g/mol. The van der Waals surface area contributed by atoms with Gasteiger partial charge in [-0.2, -0.15) is 0 Å². The van der Waals surface area contributed by atoms with E-state index in [4.69, 9.17) is 4.74 Å². The Morgan fingerprint density at radius 1 is 1.10 bits per heavy atom. The van der Waals surface area contributed by atoms with E-state index in [1.165, 1.54) is 17.5 Å². The Morgan fingerprint density at radius 3 is 2.57 bits per heavy atom. The number of Topliss-reactive ketones (excluding diaryl/α,β-unsaturated/α-hetero) is 1. The zero-order chi connectivity index (χ0) is 14.4. The maximum atomic E-state index is 12.7. The molecule has 2 bridgehead atoms. The monoisotopic (exact) mass is 280 g/mol. The molecule has 0 saturated heterocycles. The lowest BCUT2D eigenvalue weighted by atomic mass is 9.71. The number of fused-ring (bicyclic) bond motifs is 9. The SMILES string of the molecule is CC1(C)CC(=O)C2=C(C1)O[C@@H]1[C@H]2[C@@H]2C[C@H]1c1ccccc12. The molecule has 2 nitrogen and oxygen atoms in total. The highest BCUT2D eigenvalue weighted by Crippen LogP contribution is 2.64. The number of carbonyl (C=O) groups is 1. The van der Waals surface area contributed by atoms with Crippen molar-refractivity contribution in [2.45, 2.75) is 51.0 Å². The van der Waals surface area contributed by atoms with E-state index in [1.807, 2.05) is 0 Å². The van der Waals surface area contributed by atoms with E-state index in [9.17, 15) is 4.79 Å². The minimum absolute atomic E-state index is 0.0560. The van der Waals surface area contributed by atoms with E-state index in [0.29, 0.717) is 30.0 Å². The van der Waals surface area contributed by atoms with Crippen molar-refractivity contribution in [3.8, 4) is 0 Å². The van der Waals surface area contributed by atoms with Gasteiger partial charge in [-0.1, -0.05) is 38.1 Å². The third-order valence-corrected chi connectivity index (χ3v) is 5.98. The summed E-state index contributed by atoms with van der Waals surface area (Å²) in [6.45, 7) is 4.35. The van der Waals surface area contributed by atoms with Gasteiger partial charge in [0.25, 0.3) is 0 Å². The second-order valence-corrected chi connectivity index (χ2v) is 7.96. The van der Waals surface area contributed by atoms with Crippen molar-refractivity contribution < 1.29 is 9.53 Å². The molecule has 1 aromatic rings. The molecule has 2 heteroatoms. The first-order valence-corrected chi connectivity index (χ1v) is 8.07. The first kappa shape index (κ1) is 12.0. The highest BCUT2D eigenvalue weighted by molar-refractivity contribution is 5.98. The van der Waals surface area contributed by atoms with Crippen LogP contribution in [0.3, 0.4) is 0 Å². The maximum Gasteiger partial charge on any atom is 0.163 e. The summed E-state index contributed by atoms with van der Waals surface area (Å²) in [5, 5.41) is 0. The van der Waals surface area contributed by atoms with Crippen LogP contribution < -0.4 is 0 Å². The summed E-state index contributed by atoms with van der Waals surface area (Å²) in [7, 11) is 0. The molecule has 4 aliphatic rings. The number of rotatable bonds is 0. The van der Waals surface area contributed by atoms with Crippen molar-refractivity contribution in [2.75, 3.05) is 0 Å². The minimum atomic E-state index is 0.0560. The Bertz CT molecular complexity index is 697. The Morgan fingerprint density at radius 2 is 1.81 bits per heavy atom. The van der Waals surface area contributed by atoms with Gasteiger partial charge in [-0.25, -0.2) is 0 Å². The molecule has 4 atom stereocenters. The van der Waals surface area contributed by atoms with Gasteiger partial charge in [-0.15, -0.1) is 0 Å². The molecule has 3 aliphatic carbocycles. The lowest BCUT2D eigenvalue weighted by Crippen LogP contribution is -2.29. The van der Waals surface area contributed by atoms with Gasteiger partial charge in [-0.3, -0.25) is 4.79 Å². The van der Waals surface area contributed by atoms with Gasteiger partial charge >= 0.3 is 0 Å². The maximum absolute atomic E-state index is 12.7. The smallest absolute Gasteiger partial charge is 0.163 e. The zero-order valence-corrected chi connectivity index (χ0v) is 12.6. The van der Waals surface area contributed by atoms with Gasteiger partial charge in [0.15, 0.2) is 5.78 Å². The van der Waals surface area contributed by atoms with E-state index >= 15 is 0 Å². The van der Waals surface area contributed by atoms with Crippen LogP contribution in [0.15, 0.2) is 35.6 Å². The zero-order valence-electron chi connectivity index (χ0n) is 12.6. The Kier molecular flexibility index (Phi) is 2.06. The van der Waals surface area contributed by atoms with Crippen LogP contribution in [0.2, 0.25) is 0 Å². The Hall–Kier alpha value is -1.57. The number of ether oxygens (including phenoxy) is 1. The van der Waals surface area contributed by atoms with Crippen molar-refractivity contribution in [1.29, 1.82) is 0 Å². The van der Waals surface area contributed by atoms with Crippen molar-refractivity contribution in [3.05, 3.63) is 46.7 Å². The fourth-order valence-electron chi connectivity index (χ4n) is 5.28. The first-order valence-electron chi connectivity index (χ1n) is 8.07. The predicted molar refractivity (Wildman–Crippen MR) is 80.0 cm³/mol. The van der Waals surface area contributed by atoms with E-state index in [-0.39, 0.29) is 11.5 Å². The van der Waals surface area contributed by atoms with Gasteiger partial charge in [0.1, 0.15) is 11.9 Å². The average Bonchev–Trinajstić information content (AvgIpc) is 3.04. The molecule has 21 heavy (non-hydrogen) atoms. The molecule has 1 heterocycles. The fourth-order valence-corrected chi connectivity index (χ4v) is 5.28. The molecule has 0 spiro atoms. The predicted octanol–water partition coefficient (Wildman–Crippen LogP) is 3.93. The van der Waals surface area contributed by atoms with Crippen molar-refractivity contribution >= 4 is 5.78 Å². The van der Waals surface area contributed by atoms with E-state index < -0.39 is 0 Å². The van der Waals surface area contributed by atoms with Crippen LogP contribution in [0.4, 0.5) is 0 Å². The van der Waals surface area contributed by atoms with Crippen molar-refractivity contribution in [1.82, 2.24) is 0 Å². The highest BCUT2D eigenvalue weighted by Gasteiger charge is 2.59. The molecule has 1 aliphatic heterocycles. The van der Waals surface area contributed by atoms with Gasteiger partial charge in [0, 0.05) is 30.3 Å². The summed E-state index contributed by atoms with van der Waals surface area (Å²) in [6.07, 6.45) is 3.00. The number of hydrogen-bond donors (Lipinski definition) is 0. The van der Waals surface area contributed by atoms with Crippen LogP contribution >= 0.6 is 0 Å². The molecular formula is C19H20O2. The van der Waals surface area contributed by atoms with Gasteiger partial charge in [-0.05, 0) is 28.9 Å². The molecule has 1 saturated carbocycles. The molecule has 108 valence electrons. The van der Waals surface area contributed by atoms with E-state index in [0.717, 1.165) is 17.8 Å². The summed E-state index contributed by atoms with van der Waals surface area (Å²) in [4.78, 5) is 12.7. The molecule has 0 unspecified atom stereocenters. The second kappa shape index (κ2) is 3.60. The van der Waals surface area contributed by atoms with Crippen LogP contribution in [-0.4, -0.2) is 11.9 Å². The third-order valence-electron chi connectivity index (χ3n) is 5.98. The van der Waals surface area contributed by atoms with Crippen LogP contribution in [-0.2, 0) is 9.53 Å². The summed E-state index contributed by atoms with van der Waals surface area (Å²) >= 11 is 0. The number of carbonyl (C=O) groups excluding carboxylic acids is 1. The summed E-state index contributed by atoms with van der Waals surface area (Å²) in [5.74, 6) is 2.71. The molecule has 5 rings (SSSR count). The highest BCUT2D eigenvalue weighted by atomic mass is 16.5. The summed E-state index contributed by atoms with van der Waals surface area (Å²) in [6, 6.07) is 8.77. The van der Waals surface area contributed by atoms with E-state index in [1.54, 1.807) is 0 Å². The van der Waals surface area contributed by atoms with Crippen LogP contribution in [0.1, 0.15) is 56.1 Å². The molecule has 1 aromatic carbocycles. The van der Waals surface area contributed by atoms with Gasteiger partial charge in [0.2, 0.25) is 0 Å². The molecule has 0 N–H and O–H groups in total. The van der Waals surface area contributed by atoms with Crippen LogP contribution in [0, 0.1) is 11.3 Å². The van der Waals surface area contributed by atoms with Gasteiger partial charge < -0.3 is 4.74 Å². The standard InChI is InChI=1S/C19H20O2/c1-19(2)8-14(20)17-15(9-19)21-18-13-7-12(16(17)18)10-5-3-4-6-11(10)13/h3-6,12-13,16,18H,7-9H2,1-2H3/t12-,13+,16+,18+/m1/s1. The first-order chi connectivity index (χ1) is 10.1. The fraction of sp³-hybridized carbons (Fsp3) is 0.526. The molecule has 0 amide bonds. The van der Waals surface area contributed by atoms with Crippen LogP contribution in [0.25, 0.3) is 0 Å². The second-order valence-electron chi connectivity index (χ2n) is 7.96. The van der Waals surface area contributed by atoms with E-state index in [2.05, 4.69) is 38.1 Å².